The Hall–Kier alpha value is -2.55. The second-order valence-corrected chi connectivity index (χ2v) is 6.49. The van der Waals surface area contributed by atoms with E-state index in [4.69, 9.17) is 4.74 Å². The fraction of sp³-hybridized carbons (Fsp3) is 0.286. The van der Waals surface area contributed by atoms with E-state index in [1.165, 1.54) is 34.6 Å². The van der Waals surface area contributed by atoms with Crippen molar-refractivity contribution in [2.75, 3.05) is 0 Å². The first-order valence-electron chi connectivity index (χ1n) is 8.52. The van der Waals surface area contributed by atoms with Crippen molar-refractivity contribution in [3.05, 3.63) is 71.4 Å². The lowest BCUT2D eigenvalue weighted by atomic mass is 9.93. The Morgan fingerprint density at radius 2 is 1.88 bits per heavy atom. The van der Waals surface area contributed by atoms with Gasteiger partial charge in [0.05, 0.1) is 0 Å². The Morgan fingerprint density at radius 3 is 2.67 bits per heavy atom. The molecule has 1 aliphatic carbocycles. The van der Waals surface area contributed by atoms with Crippen LogP contribution in [0.15, 0.2) is 54.6 Å². The van der Waals surface area contributed by atoms with E-state index in [0.29, 0.717) is 0 Å². The van der Waals surface area contributed by atoms with E-state index in [9.17, 15) is 4.79 Å². The summed E-state index contributed by atoms with van der Waals surface area (Å²) in [5.41, 5.74) is 5.30. The van der Waals surface area contributed by atoms with Crippen LogP contribution in [0.25, 0.3) is 10.9 Å². The number of hydrogen-bond acceptors (Lipinski definition) is 2. The molecule has 0 spiro atoms. The zero-order valence-corrected chi connectivity index (χ0v) is 13.9. The summed E-state index contributed by atoms with van der Waals surface area (Å²) in [6.45, 7) is 2.35. The second kappa shape index (κ2) is 6.16. The number of hydrogen-bond donors (Lipinski definition) is 0. The largest absolute Gasteiger partial charge is 0.462 e. The van der Waals surface area contributed by atoms with E-state index in [0.717, 1.165) is 25.8 Å². The van der Waals surface area contributed by atoms with Gasteiger partial charge < -0.3 is 9.30 Å². The fourth-order valence-corrected chi connectivity index (χ4v) is 3.85. The van der Waals surface area contributed by atoms with Crippen molar-refractivity contribution in [1.82, 2.24) is 4.57 Å². The van der Waals surface area contributed by atoms with Crippen molar-refractivity contribution < 1.29 is 9.53 Å². The third-order valence-electron chi connectivity index (χ3n) is 4.85. The number of ether oxygens (including phenoxy) is 1. The highest BCUT2D eigenvalue weighted by Gasteiger charge is 2.26. The molecule has 0 aliphatic heterocycles. The molecule has 3 heteroatoms. The molecule has 0 N–H and O–H groups in total. The molecule has 24 heavy (non-hydrogen) atoms. The highest BCUT2D eigenvalue weighted by atomic mass is 16.5. The summed E-state index contributed by atoms with van der Waals surface area (Å²) in [6, 6.07) is 19.1. The van der Waals surface area contributed by atoms with Gasteiger partial charge in [-0.25, -0.2) is 0 Å². The molecular weight excluding hydrogens is 298 g/mol. The van der Waals surface area contributed by atoms with Crippen LogP contribution < -0.4 is 0 Å². The van der Waals surface area contributed by atoms with Gasteiger partial charge in [-0.3, -0.25) is 4.79 Å². The summed E-state index contributed by atoms with van der Waals surface area (Å²) in [5, 5.41) is 1.34. The average Bonchev–Trinajstić information content (AvgIpc) is 2.89. The Morgan fingerprint density at radius 1 is 1.12 bits per heavy atom. The minimum atomic E-state index is -0.186. The number of rotatable bonds is 3. The van der Waals surface area contributed by atoms with Gasteiger partial charge in [-0.1, -0.05) is 48.5 Å². The smallest absolute Gasteiger partial charge is 0.302 e. The van der Waals surface area contributed by atoms with E-state index in [1.54, 1.807) is 0 Å². The van der Waals surface area contributed by atoms with Gasteiger partial charge in [0, 0.05) is 36.5 Å². The summed E-state index contributed by atoms with van der Waals surface area (Å²) in [5.74, 6) is -0.186. The highest BCUT2D eigenvalue weighted by molar-refractivity contribution is 5.86. The van der Waals surface area contributed by atoms with Crippen LogP contribution >= 0.6 is 0 Å². The van der Waals surface area contributed by atoms with Gasteiger partial charge in [-0.2, -0.15) is 0 Å². The lowest BCUT2D eigenvalue weighted by Gasteiger charge is -2.24. The third-order valence-corrected chi connectivity index (χ3v) is 4.85. The third kappa shape index (κ3) is 2.71. The molecule has 3 nitrogen and oxygen atoms in total. The first-order chi connectivity index (χ1) is 11.7. The van der Waals surface area contributed by atoms with E-state index < -0.39 is 0 Å². The molecule has 4 rings (SSSR count). The van der Waals surface area contributed by atoms with Crippen LogP contribution in [-0.2, 0) is 28.9 Å². The number of para-hydroxylation sites is 1. The van der Waals surface area contributed by atoms with Crippen molar-refractivity contribution in [1.29, 1.82) is 0 Å². The van der Waals surface area contributed by atoms with Crippen molar-refractivity contribution in [3.8, 4) is 0 Å². The van der Waals surface area contributed by atoms with Crippen LogP contribution in [0.4, 0.5) is 0 Å². The van der Waals surface area contributed by atoms with Crippen molar-refractivity contribution in [2.45, 2.75) is 38.8 Å². The lowest BCUT2D eigenvalue weighted by Crippen LogP contribution is -2.26. The fourth-order valence-electron chi connectivity index (χ4n) is 3.85. The number of esters is 1. The van der Waals surface area contributed by atoms with Crippen molar-refractivity contribution in [3.63, 3.8) is 0 Å². The Bertz CT molecular complexity index is 879. The molecule has 0 fully saturated rings. The summed E-state index contributed by atoms with van der Waals surface area (Å²) in [6.07, 6.45) is 2.67. The molecule has 3 aromatic rings. The first kappa shape index (κ1) is 15.0. The van der Waals surface area contributed by atoms with Gasteiger partial charge in [-0.05, 0) is 30.0 Å². The predicted molar refractivity (Wildman–Crippen MR) is 95.1 cm³/mol. The molecule has 0 amide bonds. The van der Waals surface area contributed by atoms with Crippen LogP contribution in [0, 0.1) is 0 Å². The SMILES string of the molecule is CC(=O)OC1CCc2c(n(Cc3ccccc3)c3ccccc23)C1. The molecule has 2 aromatic carbocycles. The maximum atomic E-state index is 11.3. The standard InChI is InChI=1S/C21H21NO2/c1-15(23)24-17-11-12-19-18-9-5-6-10-20(18)22(21(19)13-17)14-16-7-3-2-4-8-16/h2-10,17H,11-14H2,1H3. The molecule has 0 radical (unpaired) electrons. The molecular formula is C21H21NO2. The molecule has 0 bridgehead atoms. The number of benzene rings is 2. The zero-order valence-electron chi connectivity index (χ0n) is 13.9. The molecule has 1 aromatic heterocycles. The summed E-state index contributed by atoms with van der Waals surface area (Å²) in [7, 11) is 0. The summed E-state index contributed by atoms with van der Waals surface area (Å²) >= 11 is 0. The first-order valence-corrected chi connectivity index (χ1v) is 8.52. The topological polar surface area (TPSA) is 31.2 Å². The molecule has 0 saturated heterocycles. The maximum absolute atomic E-state index is 11.3. The van der Waals surface area contributed by atoms with E-state index in [2.05, 4.69) is 53.1 Å². The van der Waals surface area contributed by atoms with Crippen LogP contribution in [0.1, 0.15) is 30.2 Å². The van der Waals surface area contributed by atoms with Crippen LogP contribution in [0.3, 0.4) is 0 Å². The van der Waals surface area contributed by atoms with Gasteiger partial charge in [0.1, 0.15) is 6.10 Å². The molecule has 1 aliphatic rings. The Balaban J connectivity index is 1.79. The highest BCUT2D eigenvalue weighted by Crippen LogP contribution is 2.33. The Labute approximate surface area is 141 Å². The monoisotopic (exact) mass is 319 g/mol. The molecule has 122 valence electrons. The van der Waals surface area contributed by atoms with Crippen molar-refractivity contribution in [2.24, 2.45) is 0 Å². The van der Waals surface area contributed by atoms with Crippen LogP contribution in [-0.4, -0.2) is 16.6 Å². The minimum absolute atomic E-state index is 0.00571. The second-order valence-electron chi connectivity index (χ2n) is 6.49. The zero-order chi connectivity index (χ0) is 16.5. The number of aromatic nitrogens is 1. The van der Waals surface area contributed by atoms with Crippen molar-refractivity contribution >= 4 is 16.9 Å². The average molecular weight is 319 g/mol. The van der Waals surface area contributed by atoms with Crippen LogP contribution in [0.2, 0.25) is 0 Å². The van der Waals surface area contributed by atoms with E-state index in [1.807, 2.05) is 6.07 Å². The Kier molecular flexibility index (Phi) is 3.85. The number of fused-ring (bicyclic) bond motifs is 3. The van der Waals surface area contributed by atoms with Gasteiger partial charge in [-0.15, -0.1) is 0 Å². The molecule has 1 unspecified atom stereocenters. The normalized spacial score (nSPS) is 16.8. The molecule has 1 atom stereocenters. The molecule has 0 saturated carbocycles. The van der Waals surface area contributed by atoms with Crippen LogP contribution in [0.5, 0.6) is 0 Å². The summed E-state index contributed by atoms with van der Waals surface area (Å²) < 4.78 is 7.90. The number of carbonyl (C=O) groups excluding carboxylic acids is 1. The lowest BCUT2D eigenvalue weighted by molar-refractivity contribution is -0.146. The van der Waals surface area contributed by atoms with Gasteiger partial charge in [0.25, 0.3) is 0 Å². The predicted octanol–water partition coefficient (Wildman–Crippen LogP) is 4.11. The minimum Gasteiger partial charge on any atom is -0.462 e. The summed E-state index contributed by atoms with van der Waals surface area (Å²) in [4.78, 5) is 11.3. The van der Waals surface area contributed by atoms with E-state index in [-0.39, 0.29) is 12.1 Å². The number of aryl methyl sites for hydroxylation is 1. The van der Waals surface area contributed by atoms with Gasteiger partial charge >= 0.3 is 5.97 Å². The maximum Gasteiger partial charge on any atom is 0.302 e. The number of carbonyl (C=O) groups is 1. The molecule has 1 heterocycles. The van der Waals surface area contributed by atoms with Gasteiger partial charge in [0.2, 0.25) is 0 Å². The van der Waals surface area contributed by atoms with Gasteiger partial charge in [0.15, 0.2) is 0 Å². The van der Waals surface area contributed by atoms with E-state index >= 15 is 0 Å². The quantitative estimate of drug-likeness (QED) is 0.680. The number of nitrogens with zero attached hydrogens (tertiary/aromatic N) is 1.